The smallest absolute Gasteiger partial charge is 0.134 e. The van der Waals surface area contributed by atoms with E-state index in [0.29, 0.717) is 18.2 Å². The molecule has 0 aliphatic heterocycles. The van der Waals surface area contributed by atoms with Gasteiger partial charge in [-0.1, -0.05) is 40.9 Å². The van der Waals surface area contributed by atoms with Gasteiger partial charge in [0.1, 0.15) is 11.0 Å². The number of hydrogen-bond acceptors (Lipinski definition) is 3. The summed E-state index contributed by atoms with van der Waals surface area (Å²) in [6.45, 7) is 4.62. The van der Waals surface area contributed by atoms with Crippen molar-refractivity contribution < 1.29 is 4.74 Å². The summed E-state index contributed by atoms with van der Waals surface area (Å²) in [5.74, 6) is 0.726. The third kappa shape index (κ3) is 4.01. The van der Waals surface area contributed by atoms with Crippen molar-refractivity contribution in [3.8, 4) is 0 Å². The van der Waals surface area contributed by atoms with Gasteiger partial charge in [0, 0.05) is 13.5 Å². The van der Waals surface area contributed by atoms with Crippen LogP contribution in [0, 0.1) is 13.8 Å². The number of nitrogens with zero attached hydrogens (tertiary/aromatic N) is 2. The van der Waals surface area contributed by atoms with Crippen LogP contribution in [0.1, 0.15) is 28.2 Å². The molecule has 1 heterocycles. The fourth-order valence-corrected chi connectivity index (χ4v) is 2.39. The number of halogens is 1. The van der Waals surface area contributed by atoms with E-state index in [2.05, 4.69) is 42.0 Å². The molecule has 0 aliphatic rings. The van der Waals surface area contributed by atoms with Gasteiger partial charge in [0.05, 0.1) is 12.3 Å². The second-order valence-corrected chi connectivity index (χ2v) is 5.09. The minimum Gasteiger partial charge on any atom is -0.378 e. The normalized spacial score (nSPS) is 10.7. The van der Waals surface area contributed by atoms with Crippen molar-refractivity contribution in [1.29, 1.82) is 0 Å². The molecule has 0 fully saturated rings. The van der Waals surface area contributed by atoms with E-state index in [4.69, 9.17) is 16.3 Å². The molecule has 0 saturated heterocycles. The third-order valence-corrected chi connectivity index (χ3v) is 2.92. The van der Waals surface area contributed by atoms with Crippen LogP contribution in [0.4, 0.5) is 0 Å². The summed E-state index contributed by atoms with van der Waals surface area (Å²) < 4.78 is 5.08. The Labute approximate surface area is 118 Å². The second-order valence-electron chi connectivity index (χ2n) is 4.70. The molecular formula is C15H17ClN2O. The number of benzene rings is 1. The largest absolute Gasteiger partial charge is 0.378 e. The summed E-state index contributed by atoms with van der Waals surface area (Å²) in [5.41, 5.74) is 4.49. The molecule has 2 aromatic rings. The fourth-order valence-electron chi connectivity index (χ4n) is 2.17. The van der Waals surface area contributed by atoms with E-state index in [-0.39, 0.29) is 0 Å². The highest BCUT2D eigenvalue weighted by Crippen LogP contribution is 2.14. The zero-order chi connectivity index (χ0) is 13.8. The van der Waals surface area contributed by atoms with Gasteiger partial charge in [-0.25, -0.2) is 9.97 Å². The maximum absolute atomic E-state index is 6.01. The Morgan fingerprint density at radius 1 is 1.05 bits per heavy atom. The lowest BCUT2D eigenvalue weighted by Gasteiger charge is -2.06. The first-order valence-corrected chi connectivity index (χ1v) is 6.53. The number of rotatable bonds is 4. The van der Waals surface area contributed by atoms with E-state index in [9.17, 15) is 0 Å². The molecule has 4 heteroatoms. The first-order chi connectivity index (χ1) is 9.06. The monoisotopic (exact) mass is 276 g/mol. The van der Waals surface area contributed by atoms with Crippen LogP contribution in [0.5, 0.6) is 0 Å². The van der Waals surface area contributed by atoms with Gasteiger partial charge in [0.25, 0.3) is 0 Å². The second kappa shape index (κ2) is 6.13. The zero-order valence-electron chi connectivity index (χ0n) is 11.4. The first-order valence-electron chi connectivity index (χ1n) is 6.15. The minimum absolute atomic E-state index is 0.447. The Kier molecular flexibility index (Phi) is 4.51. The molecule has 3 nitrogen and oxygen atoms in total. The topological polar surface area (TPSA) is 35.0 Å². The van der Waals surface area contributed by atoms with Crippen LogP contribution in [-0.2, 0) is 17.8 Å². The summed E-state index contributed by atoms with van der Waals surface area (Å²) in [4.78, 5) is 8.73. The molecule has 0 spiro atoms. The third-order valence-electron chi connectivity index (χ3n) is 2.73. The van der Waals surface area contributed by atoms with E-state index < -0.39 is 0 Å². The van der Waals surface area contributed by atoms with Gasteiger partial charge in [0.2, 0.25) is 0 Å². The molecule has 100 valence electrons. The van der Waals surface area contributed by atoms with E-state index in [1.54, 1.807) is 13.2 Å². The predicted molar refractivity (Wildman–Crippen MR) is 76.5 cm³/mol. The average molecular weight is 277 g/mol. The van der Waals surface area contributed by atoms with Crippen LogP contribution >= 0.6 is 11.6 Å². The first kappa shape index (κ1) is 14.0. The molecule has 0 atom stereocenters. The number of aromatic nitrogens is 2. The molecule has 0 amide bonds. The summed E-state index contributed by atoms with van der Waals surface area (Å²) in [6.07, 6.45) is 0.680. The van der Waals surface area contributed by atoms with Gasteiger partial charge >= 0.3 is 0 Å². The zero-order valence-corrected chi connectivity index (χ0v) is 12.2. The maximum Gasteiger partial charge on any atom is 0.134 e. The molecule has 0 N–H and O–H groups in total. The number of hydrogen-bond donors (Lipinski definition) is 0. The van der Waals surface area contributed by atoms with Gasteiger partial charge in [0.15, 0.2) is 0 Å². The van der Waals surface area contributed by atoms with Crippen LogP contribution in [0.25, 0.3) is 0 Å². The summed E-state index contributed by atoms with van der Waals surface area (Å²) in [5, 5.41) is 0.460. The molecule has 1 aromatic carbocycles. The highest BCUT2D eigenvalue weighted by Gasteiger charge is 2.05. The van der Waals surface area contributed by atoms with Crippen molar-refractivity contribution in [3.05, 3.63) is 57.6 Å². The van der Waals surface area contributed by atoms with Crippen LogP contribution < -0.4 is 0 Å². The molecular weight excluding hydrogens is 260 g/mol. The molecule has 0 radical (unpaired) electrons. The van der Waals surface area contributed by atoms with Crippen LogP contribution in [-0.4, -0.2) is 17.1 Å². The van der Waals surface area contributed by atoms with Crippen molar-refractivity contribution >= 4 is 11.6 Å². The quantitative estimate of drug-likeness (QED) is 0.802. The Balaban J connectivity index is 2.27. The van der Waals surface area contributed by atoms with Crippen molar-refractivity contribution in [2.45, 2.75) is 26.9 Å². The van der Waals surface area contributed by atoms with Crippen molar-refractivity contribution in [2.24, 2.45) is 0 Å². The van der Waals surface area contributed by atoms with Gasteiger partial charge in [-0.15, -0.1) is 0 Å². The van der Waals surface area contributed by atoms with E-state index in [1.807, 2.05) is 0 Å². The SMILES string of the molecule is COCc1cc(Cl)nc(Cc2cc(C)cc(C)c2)n1. The molecule has 0 aliphatic carbocycles. The Morgan fingerprint density at radius 3 is 2.37 bits per heavy atom. The molecule has 0 bridgehead atoms. The average Bonchev–Trinajstić information content (AvgIpc) is 2.26. The van der Waals surface area contributed by atoms with E-state index >= 15 is 0 Å². The number of ether oxygens (including phenoxy) is 1. The maximum atomic E-state index is 6.01. The highest BCUT2D eigenvalue weighted by atomic mass is 35.5. The Hall–Kier alpha value is -1.45. The highest BCUT2D eigenvalue weighted by molar-refractivity contribution is 6.29. The van der Waals surface area contributed by atoms with E-state index in [0.717, 1.165) is 11.5 Å². The standard InChI is InChI=1S/C15H17ClN2O/c1-10-4-11(2)6-12(5-10)7-15-17-13(9-19-3)8-14(16)18-15/h4-6,8H,7,9H2,1-3H3. The molecule has 2 rings (SSSR count). The molecule has 0 unspecified atom stereocenters. The summed E-state index contributed by atoms with van der Waals surface area (Å²) in [7, 11) is 1.64. The van der Waals surface area contributed by atoms with Gasteiger partial charge in [-0.2, -0.15) is 0 Å². The minimum atomic E-state index is 0.447. The van der Waals surface area contributed by atoms with Gasteiger partial charge < -0.3 is 4.74 Å². The fraction of sp³-hybridized carbons (Fsp3) is 0.333. The number of aryl methyl sites for hydroxylation is 2. The van der Waals surface area contributed by atoms with Crippen molar-refractivity contribution in [3.63, 3.8) is 0 Å². The number of methoxy groups -OCH3 is 1. The molecule has 19 heavy (non-hydrogen) atoms. The van der Waals surface area contributed by atoms with Crippen LogP contribution in [0.3, 0.4) is 0 Å². The lowest BCUT2D eigenvalue weighted by molar-refractivity contribution is 0.181. The van der Waals surface area contributed by atoms with Crippen molar-refractivity contribution in [1.82, 2.24) is 9.97 Å². The summed E-state index contributed by atoms with van der Waals surface area (Å²) >= 11 is 6.01. The molecule has 0 saturated carbocycles. The molecule has 1 aromatic heterocycles. The summed E-state index contributed by atoms with van der Waals surface area (Å²) in [6, 6.07) is 8.18. The van der Waals surface area contributed by atoms with E-state index in [1.165, 1.54) is 16.7 Å². The Morgan fingerprint density at radius 2 is 1.74 bits per heavy atom. The van der Waals surface area contributed by atoms with Crippen LogP contribution in [0.2, 0.25) is 5.15 Å². The Bertz CT molecular complexity index is 564. The predicted octanol–water partition coefficient (Wildman–Crippen LogP) is 3.48. The van der Waals surface area contributed by atoms with Crippen LogP contribution in [0.15, 0.2) is 24.3 Å². The van der Waals surface area contributed by atoms with Gasteiger partial charge in [-0.3, -0.25) is 0 Å². The van der Waals surface area contributed by atoms with Gasteiger partial charge in [-0.05, 0) is 25.5 Å². The van der Waals surface area contributed by atoms with Crippen molar-refractivity contribution in [2.75, 3.05) is 7.11 Å². The lowest BCUT2D eigenvalue weighted by Crippen LogP contribution is -2.02. The lowest BCUT2D eigenvalue weighted by atomic mass is 10.0.